The molecule has 3 aromatic rings. The van der Waals surface area contributed by atoms with E-state index in [4.69, 9.17) is 5.14 Å². The average Bonchev–Trinajstić information content (AvgIpc) is 2.96. The van der Waals surface area contributed by atoms with Crippen LogP contribution in [0.5, 0.6) is 0 Å². The van der Waals surface area contributed by atoms with Crippen molar-refractivity contribution >= 4 is 54.9 Å². The highest BCUT2D eigenvalue weighted by atomic mass is 32.2. The molecule has 3 N–H and O–H groups in total. The number of benzene rings is 2. The summed E-state index contributed by atoms with van der Waals surface area (Å²) in [6, 6.07) is 13.5. The van der Waals surface area contributed by atoms with E-state index in [0.29, 0.717) is 5.69 Å². The van der Waals surface area contributed by atoms with Crippen molar-refractivity contribution in [1.29, 1.82) is 0 Å². The highest BCUT2D eigenvalue weighted by molar-refractivity contribution is 8.02. The molecule has 0 fully saturated rings. The average molecular weight is 394 g/mol. The van der Waals surface area contributed by atoms with E-state index in [0.717, 1.165) is 14.6 Å². The van der Waals surface area contributed by atoms with Crippen LogP contribution < -0.4 is 10.5 Å². The fraction of sp³-hybridized carbons (Fsp3) is 0.125. The molecule has 0 aliphatic carbocycles. The van der Waals surface area contributed by atoms with Crippen LogP contribution in [-0.2, 0) is 14.8 Å². The maximum Gasteiger partial charge on any atom is 0.238 e. The van der Waals surface area contributed by atoms with Gasteiger partial charge >= 0.3 is 0 Å². The Balaban J connectivity index is 1.66. The predicted molar refractivity (Wildman–Crippen MR) is 101 cm³/mol. The fourth-order valence-corrected chi connectivity index (χ4v) is 4.80. The van der Waals surface area contributed by atoms with E-state index in [2.05, 4.69) is 10.3 Å². The number of nitrogens with one attached hydrogen (secondary N) is 1. The van der Waals surface area contributed by atoms with Crippen LogP contribution in [0.2, 0.25) is 0 Å². The van der Waals surface area contributed by atoms with Crippen LogP contribution in [-0.4, -0.2) is 24.6 Å². The second-order valence-corrected chi connectivity index (χ2v) is 9.45. The Bertz CT molecular complexity index is 981. The molecule has 6 nitrogen and oxygen atoms in total. The summed E-state index contributed by atoms with van der Waals surface area (Å²) in [6.07, 6.45) is 0. The number of amides is 1. The summed E-state index contributed by atoms with van der Waals surface area (Å²) in [5, 5.41) is 7.46. The zero-order valence-electron chi connectivity index (χ0n) is 13.2. The van der Waals surface area contributed by atoms with Gasteiger partial charge in [0.05, 0.1) is 20.4 Å². The Morgan fingerprint density at radius 2 is 1.88 bits per heavy atom. The summed E-state index contributed by atoms with van der Waals surface area (Å²) in [6.45, 7) is 1.80. The third-order valence-electron chi connectivity index (χ3n) is 3.37. The van der Waals surface area contributed by atoms with Crippen LogP contribution in [0.3, 0.4) is 0 Å². The maximum atomic E-state index is 12.3. The number of nitrogens with two attached hydrogens (primary N) is 1. The largest absolute Gasteiger partial charge is 0.325 e. The van der Waals surface area contributed by atoms with E-state index in [1.54, 1.807) is 18.3 Å². The standard InChI is InChI=1S/C16H15N3O3S3/c1-10(23-16-19-13-4-2-3-5-14(13)24-16)15(20)18-11-6-8-12(9-7-11)25(17,21)22/h2-10H,1H3,(H,18,20)(H2,17,21,22)/t10-/m0/s1. The number of thioether (sulfide) groups is 1. The van der Waals surface area contributed by atoms with Crippen LogP contribution in [0.15, 0.2) is 57.8 Å². The molecule has 3 rings (SSSR count). The zero-order valence-corrected chi connectivity index (χ0v) is 15.6. The van der Waals surface area contributed by atoms with Gasteiger partial charge in [-0.2, -0.15) is 0 Å². The third-order valence-corrected chi connectivity index (χ3v) is 6.53. The summed E-state index contributed by atoms with van der Waals surface area (Å²) in [5.74, 6) is -0.187. The normalized spacial score (nSPS) is 12.9. The second-order valence-electron chi connectivity index (χ2n) is 5.27. The van der Waals surface area contributed by atoms with Gasteiger partial charge in [0.25, 0.3) is 0 Å². The molecule has 1 amide bonds. The number of thiazole rings is 1. The lowest BCUT2D eigenvalue weighted by Gasteiger charge is -2.10. The number of hydrogen-bond donors (Lipinski definition) is 2. The van der Waals surface area contributed by atoms with E-state index in [-0.39, 0.29) is 16.1 Å². The number of nitrogens with zero attached hydrogens (tertiary/aromatic N) is 1. The number of rotatable bonds is 5. The number of hydrogen-bond acceptors (Lipinski definition) is 6. The van der Waals surface area contributed by atoms with Crippen molar-refractivity contribution in [2.45, 2.75) is 21.4 Å². The van der Waals surface area contributed by atoms with Gasteiger partial charge in [0.2, 0.25) is 15.9 Å². The lowest BCUT2D eigenvalue weighted by atomic mass is 10.3. The monoisotopic (exact) mass is 393 g/mol. The highest BCUT2D eigenvalue weighted by Gasteiger charge is 2.17. The van der Waals surface area contributed by atoms with Crippen molar-refractivity contribution in [1.82, 2.24) is 4.98 Å². The molecule has 1 atom stereocenters. The lowest BCUT2D eigenvalue weighted by Crippen LogP contribution is -2.22. The first kappa shape index (κ1) is 17.9. The molecule has 0 saturated carbocycles. The number of sulfonamides is 1. The van der Waals surface area contributed by atoms with Crippen LogP contribution >= 0.6 is 23.1 Å². The first-order chi connectivity index (χ1) is 11.8. The van der Waals surface area contributed by atoms with E-state index in [1.165, 1.54) is 36.0 Å². The summed E-state index contributed by atoms with van der Waals surface area (Å²) in [4.78, 5) is 16.8. The van der Waals surface area contributed by atoms with E-state index < -0.39 is 10.0 Å². The van der Waals surface area contributed by atoms with Gasteiger partial charge in [0, 0.05) is 5.69 Å². The van der Waals surface area contributed by atoms with Crippen LogP contribution in [0, 0.1) is 0 Å². The molecule has 0 saturated heterocycles. The predicted octanol–water partition coefficient (Wildman–Crippen LogP) is 3.06. The third kappa shape index (κ3) is 4.37. The molecule has 0 aliphatic heterocycles. The molecular formula is C16H15N3O3S3. The topological polar surface area (TPSA) is 102 Å². The number of fused-ring (bicyclic) bond motifs is 1. The Hall–Kier alpha value is -1.94. The molecule has 0 radical (unpaired) electrons. The van der Waals surface area contributed by atoms with Crippen molar-refractivity contribution in [3.8, 4) is 0 Å². The van der Waals surface area contributed by atoms with Gasteiger partial charge in [-0.1, -0.05) is 23.9 Å². The minimum atomic E-state index is -3.74. The molecule has 9 heteroatoms. The molecule has 0 bridgehead atoms. The van der Waals surface area contributed by atoms with Gasteiger partial charge in [-0.05, 0) is 43.3 Å². The number of carbonyl (C=O) groups is 1. The molecule has 0 aliphatic rings. The number of para-hydroxylation sites is 1. The van der Waals surface area contributed by atoms with Gasteiger partial charge in [-0.25, -0.2) is 18.5 Å². The quantitative estimate of drug-likeness (QED) is 0.649. The molecule has 25 heavy (non-hydrogen) atoms. The van der Waals surface area contributed by atoms with Gasteiger partial charge in [-0.15, -0.1) is 11.3 Å². The Kier molecular flexibility index (Phi) is 5.09. The maximum absolute atomic E-state index is 12.3. The van der Waals surface area contributed by atoms with Gasteiger partial charge in [0.15, 0.2) is 4.34 Å². The highest BCUT2D eigenvalue weighted by Crippen LogP contribution is 2.32. The molecule has 2 aromatic carbocycles. The number of primary sulfonamides is 1. The Labute approximate surface area is 153 Å². The molecule has 0 spiro atoms. The summed E-state index contributed by atoms with van der Waals surface area (Å²) < 4.78 is 24.4. The van der Waals surface area contributed by atoms with Crippen molar-refractivity contribution in [3.63, 3.8) is 0 Å². The second kappa shape index (κ2) is 7.12. The molecular weight excluding hydrogens is 378 g/mol. The SMILES string of the molecule is C[C@H](Sc1nc2ccccc2s1)C(=O)Nc1ccc(S(N)(=O)=O)cc1. The molecule has 1 heterocycles. The summed E-state index contributed by atoms with van der Waals surface area (Å²) >= 11 is 2.93. The van der Waals surface area contributed by atoms with Gasteiger partial charge in [-0.3, -0.25) is 4.79 Å². The van der Waals surface area contributed by atoms with Gasteiger partial charge < -0.3 is 5.32 Å². The molecule has 0 unspecified atom stereocenters. The number of carbonyl (C=O) groups excluding carboxylic acids is 1. The van der Waals surface area contributed by atoms with E-state index in [1.807, 2.05) is 24.3 Å². The molecule has 130 valence electrons. The number of anilines is 1. The van der Waals surface area contributed by atoms with Crippen LogP contribution in [0.4, 0.5) is 5.69 Å². The minimum absolute atomic E-state index is 0.00222. The summed E-state index contributed by atoms with van der Waals surface area (Å²) in [5.41, 5.74) is 1.43. The Morgan fingerprint density at radius 3 is 2.52 bits per heavy atom. The minimum Gasteiger partial charge on any atom is -0.325 e. The van der Waals surface area contributed by atoms with Crippen LogP contribution in [0.25, 0.3) is 10.2 Å². The van der Waals surface area contributed by atoms with Gasteiger partial charge in [0.1, 0.15) is 0 Å². The fourth-order valence-electron chi connectivity index (χ4n) is 2.08. The van der Waals surface area contributed by atoms with Crippen molar-refractivity contribution in [2.75, 3.05) is 5.32 Å². The lowest BCUT2D eigenvalue weighted by molar-refractivity contribution is -0.115. The molecule has 1 aromatic heterocycles. The van der Waals surface area contributed by atoms with Crippen molar-refractivity contribution in [2.24, 2.45) is 5.14 Å². The van der Waals surface area contributed by atoms with E-state index >= 15 is 0 Å². The number of aromatic nitrogens is 1. The first-order valence-electron chi connectivity index (χ1n) is 7.29. The zero-order chi connectivity index (χ0) is 18.0. The van der Waals surface area contributed by atoms with Crippen molar-refractivity contribution in [3.05, 3.63) is 48.5 Å². The summed E-state index contributed by atoms with van der Waals surface area (Å²) in [7, 11) is -3.74. The smallest absolute Gasteiger partial charge is 0.238 e. The van der Waals surface area contributed by atoms with E-state index in [9.17, 15) is 13.2 Å². The van der Waals surface area contributed by atoms with Crippen molar-refractivity contribution < 1.29 is 13.2 Å². The first-order valence-corrected chi connectivity index (χ1v) is 10.5. The Morgan fingerprint density at radius 1 is 1.20 bits per heavy atom. The van der Waals surface area contributed by atoms with Crippen LogP contribution in [0.1, 0.15) is 6.92 Å².